The molecule has 5 heteroatoms. The van der Waals surface area contributed by atoms with Crippen LogP contribution in [0.15, 0.2) is 35.3 Å². The van der Waals surface area contributed by atoms with E-state index in [1.165, 1.54) is 12.8 Å². The smallest absolute Gasteiger partial charge is 0.191 e. The maximum atomic E-state index is 5.61. The molecule has 2 N–H and O–H groups in total. The monoisotopic (exact) mass is 405 g/mol. The van der Waals surface area contributed by atoms with E-state index in [-0.39, 0.29) is 24.0 Å². The van der Waals surface area contributed by atoms with Crippen LogP contribution < -0.4 is 15.4 Å². The van der Waals surface area contributed by atoms with Crippen molar-refractivity contribution in [3.8, 4) is 5.75 Å². The molecule has 1 rings (SSSR count). The Morgan fingerprint density at radius 3 is 2.43 bits per heavy atom. The van der Waals surface area contributed by atoms with Crippen molar-refractivity contribution in [1.29, 1.82) is 0 Å². The summed E-state index contributed by atoms with van der Waals surface area (Å²) in [5.74, 6) is 2.49. The number of para-hydroxylation sites is 1. The first-order valence-electron chi connectivity index (χ1n) is 7.34. The summed E-state index contributed by atoms with van der Waals surface area (Å²) in [7, 11) is 1.79. The van der Waals surface area contributed by atoms with Gasteiger partial charge in [0.15, 0.2) is 5.96 Å². The summed E-state index contributed by atoms with van der Waals surface area (Å²) in [6, 6.07) is 9.84. The van der Waals surface area contributed by atoms with E-state index < -0.39 is 0 Å². The molecule has 0 spiro atoms. The second-order valence-corrected chi connectivity index (χ2v) is 5.12. The van der Waals surface area contributed by atoms with Gasteiger partial charge in [-0.2, -0.15) is 0 Å². The third-order valence-electron chi connectivity index (χ3n) is 2.88. The molecule has 0 heterocycles. The van der Waals surface area contributed by atoms with Crippen molar-refractivity contribution < 1.29 is 4.74 Å². The van der Waals surface area contributed by atoms with Crippen molar-refractivity contribution in [2.75, 3.05) is 26.7 Å². The Balaban J connectivity index is 0.00000400. The van der Waals surface area contributed by atoms with E-state index in [2.05, 4.69) is 29.5 Å². The summed E-state index contributed by atoms with van der Waals surface area (Å²) in [6.07, 6.45) is 2.40. The standard InChI is InChI=1S/C16H27N3O.HI/c1-14(2)8-7-11-18-16(17-3)19-12-13-20-15-9-5-4-6-10-15;/h4-6,9-10,14H,7-8,11-13H2,1-3H3,(H2,17,18,19);1H. The zero-order valence-electron chi connectivity index (χ0n) is 13.3. The topological polar surface area (TPSA) is 45.7 Å². The molecule has 0 unspecified atom stereocenters. The van der Waals surface area contributed by atoms with Crippen molar-refractivity contribution in [3.05, 3.63) is 30.3 Å². The summed E-state index contributed by atoms with van der Waals surface area (Å²) in [5.41, 5.74) is 0. The van der Waals surface area contributed by atoms with Crippen LogP contribution in [0.25, 0.3) is 0 Å². The second kappa shape index (κ2) is 12.7. The molecule has 0 radical (unpaired) electrons. The van der Waals surface area contributed by atoms with Crippen LogP contribution in [0.1, 0.15) is 26.7 Å². The van der Waals surface area contributed by atoms with Crippen molar-refractivity contribution in [2.24, 2.45) is 10.9 Å². The molecule has 0 aliphatic rings. The van der Waals surface area contributed by atoms with Crippen molar-refractivity contribution in [3.63, 3.8) is 0 Å². The minimum absolute atomic E-state index is 0. The number of rotatable bonds is 8. The van der Waals surface area contributed by atoms with E-state index in [1.807, 2.05) is 30.3 Å². The molecule has 0 aliphatic heterocycles. The predicted molar refractivity (Wildman–Crippen MR) is 101 cm³/mol. The zero-order valence-corrected chi connectivity index (χ0v) is 15.6. The van der Waals surface area contributed by atoms with E-state index in [0.717, 1.165) is 30.7 Å². The van der Waals surface area contributed by atoms with Gasteiger partial charge in [0.2, 0.25) is 0 Å². The third-order valence-corrected chi connectivity index (χ3v) is 2.88. The predicted octanol–water partition coefficient (Wildman–Crippen LogP) is 3.28. The summed E-state index contributed by atoms with van der Waals surface area (Å²) in [4.78, 5) is 4.19. The molecule has 0 amide bonds. The Morgan fingerprint density at radius 2 is 1.81 bits per heavy atom. The minimum atomic E-state index is 0. The Hall–Kier alpha value is -0.980. The van der Waals surface area contributed by atoms with Crippen LogP contribution in [-0.2, 0) is 0 Å². The molecule has 4 nitrogen and oxygen atoms in total. The number of hydrogen-bond donors (Lipinski definition) is 2. The maximum Gasteiger partial charge on any atom is 0.191 e. The van der Waals surface area contributed by atoms with Crippen LogP contribution in [0.3, 0.4) is 0 Å². The molecule has 0 saturated carbocycles. The van der Waals surface area contributed by atoms with Crippen molar-refractivity contribution >= 4 is 29.9 Å². The van der Waals surface area contributed by atoms with E-state index >= 15 is 0 Å². The Morgan fingerprint density at radius 1 is 1.14 bits per heavy atom. The lowest BCUT2D eigenvalue weighted by molar-refractivity contribution is 0.322. The fourth-order valence-electron chi connectivity index (χ4n) is 1.79. The van der Waals surface area contributed by atoms with Crippen LogP contribution >= 0.6 is 24.0 Å². The Labute approximate surface area is 145 Å². The average molecular weight is 405 g/mol. The quantitative estimate of drug-likeness (QED) is 0.302. The number of nitrogens with zero attached hydrogens (tertiary/aromatic N) is 1. The average Bonchev–Trinajstić information content (AvgIpc) is 2.46. The first-order valence-corrected chi connectivity index (χ1v) is 7.34. The minimum Gasteiger partial charge on any atom is -0.492 e. The summed E-state index contributed by atoms with van der Waals surface area (Å²) in [6.45, 7) is 6.80. The van der Waals surface area contributed by atoms with Crippen molar-refractivity contribution in [2.45, 2.75) is 26.7 Å². The highest BCUT2D eigenvalue weighted by Crippen LogP contribution is 2.07. The molecule has 120 valence electrons. The van der Waals surface area contributed by atoms with Gasteiger partial charge in [-0.3, -0.25) is 4.99 Å². The van der Waals surface area contributed by atoms with Crippen LogP contribution in [0.4, 0.5) is 0 Å². The SMILES string of the molecule is CN=C(NCCCC(C)C)NCCOc1ccccc1.I. The maximum absolute atomic E-state index is 5.61. The molecular weight excluding hydrogens is 377 g/mol. The molecule has 0 atom stereocenters. The van der Waals surface area contributed by atoms with Crippen LogP contribution in [0.2, 0.25) is 0 Å². The number of aliphatic imine (C=N–C) groups is 1. The van der Waals surface area contributed by atoms with E-state index in [9.17, 15) is 0 Å². The van der Waals surface area contributed by atoms with Gasteiger partial charge in [-0.05, 0) is 30.9 Å². The highest BCUT2D eigenvalue weighted by molar-refractivity contribution is 14.0. The highest BCUT2D eigenvalue weighted by atomic mass is 127. The molecule has 1 aromatic carbocycles. The molecule has 0 aliphatic carbocycles. The number of halogens is 1. The van der Waals surface area contributed by atoms with E-state index in [4.69, 9.17) is 4.74 Å². The van der Waals surface area contributed by atoms with Crippen LogP contribution in [0, 0.1) is 5.92 Å². The fourth-order valence-corrected chi connectivity index (χ4v) is 1.79. The van der Waals surface area contributed by atoms with Crippen molar-refractivity contribution in [1.82, 2.24) is 10.6 Å². The van der Waals surface area contributed by atoms with E-state index in [0.29, 0.717) is 6.61 Å². The molecule has 0 aromatic heterocycles. The normalized spacial score (nSPS) is 11.0. The number of guanidine groups is 1. The number of nitrogens with one attached hydrogen (secondary N) is 2. The summed E-state index contributed by atoms with van der Waals surface area (Å²) < 4.78 is 5.61. The lowest BCUT2D eigenvalue weighted by Crippen LogP contribution is -2.39. The lowest BCUT2D eigenvalue weighted by atomic mass is 10.1. The number of ether oxygens (including phenoxy) is 1. The zero-order chi connectivity index (χ0) is 14.6. The Bertz CT molecular complexity index is 382. The van der Waals surface area contributed by atoms with Gasteiger partial charge in [0.05, 0.1) is 6.54 Å². The van der Waals surface area contributed by atoms with Gasteiger partial charge in [0.25, 0.3) is 0 Å². The summed E-state index contributed by atoms with van der Waals surface area (Å²) >= 11 is 0. The van der Waals surface area contributed by atoms with Crippen LogP contribution in [-0.4, -0.2) is 32.7 Å². The molecular formula is C16H28IN3O. The first kappa shape index (κ1) is 20.0. The lowest BCUT2D eigenvalue weighted by Gasteiger charge is -2.13. The van der Waals surface area contributed by atoms with Gasteiger partial charge < -0.3 is 15.4 Å². The van der Waals surface area contributed by atoms with Gasteiger partial charge in [0, 0.05) is 13.6 Å². The number of hydrogen-bond acceptors (Lipinski definition) is 2. The molecule has 0 bridgehead atoms. The van der Waals surface area contributed by atoms with Gasteiger partial charge >= 0.3 is 0 Å². The third kappa shape index (κ3) is 10.4. The van der Waals surface area contributed by atoms with Gasteiger partial charge in [-0.1, -0.05) is 32.0 Å². The Kier molecular flexibility index (Phi) is 12.1. The second-order valence-electron chi connectivity index (χ2n) is 5.12. The van der Waals surface area contributed by atoms with Gasteiger partial charge in [-0.15, -0.1) is 24.0 Å². The molecule has 21 heavy (non-hydrogen) atoms. The molecule has 0 saturated heterocycles. The summed E-state index contributed by atoms with van der Waals surface area (Å²) in [5, 5.41) is 6.55. The largest absolute Gasteiger partial charge is 0.492 e. The first-order chi connectivity index (χ1) is 9.72. The molecule has 0 fully saturated rings. The highest BCUT2D eigenvalue weighted by Gasteiger charge is 1.98. The molecule has 1 aromatic rings. The van der Waals surface area contributed by atoms with Gasteiger partial charge in [0.1, 0.15) is 12.4 Å². The fraction of sp³-hybridized carbons (Fsp3) is 0.562. The van der Waals surface area contributed by atoms with Gasteiger partial charge in [-0.25, -0.2) is 0 Å². The van der Waals surface area contributed by atoms with E-state index in [1.54, 1.807) is 7.05 Å². The number of benzene rings is 1. The van der Waals surface area contributed by atoms with Crippen LogP contribution in [0.5, 0.6) is 5.75 Å².